The third-order valence-electron chi connectivity index (χ3n) is 8.18. The van der Waals surface area contributed by atoms with Gasteiger partial charge in [0.1, 0.15) is 35.9 Å². The highest BCUT2D eigenvalue weighted by atomic mass is 32.2. The van der Waals surface area contributed by atoms with Crippen LogP contribution in [0.5, 0.6) is 0 Å². The molecule has 56 heavy (non-hydrogen) atoms. The van der Waals surface area contributed by atoms with Crippen molar-refractivity contribution in [3.63, 3.8) is 0 Å². The Hall–Kier alpha value is -5.12. The molecule has 2 aromatic rings. The number of nitrogens with one attached hydrogen (secondary N) is 3. The van der Waals surface area contributed by atoms with Crippen molar-refractivity contribution in [2.45, 2.75) is 104 Å². The maximum absolute atomic E-state index is 13.8. The van der Waals surface area contributed by atoms with E-state index in [0.717, 1.165) is 29.4 Å². The summed E-state index contributed by atoms with van der Waals surface area (Å²) in [6, 6.07) is 11.8. The van der Waals surface area contributed by atoms with Gasteiger partial charge in [0.05, 0.1) is 13.7 Å². The molecule has 0 bridgehead atoms. The molecule has 0 spiro atoms. The van der Waals surface area contributed by atoms with Crippen molar-refractivity contribution in [1.82, 2.24) is 20.9 Å². The number of alkyl carbamates (subject to hydrolysis) is 1. The van der Waals surface area contributed by atoms with Gasteiger partial charge in [0.15, 0.2) is 0 Å². The molecule has 306 valence electrons. The standard InChI is InChI=1S/C40H54N4O11S/c1-23(2)19-30(35(48)52-10)43-34(47)31(44(37(50)54-39(4,5)6)38(51)55-40(7,8)9)22-56-32(45)20-41-33(46)24(3)42-36(49)53-21-29-27-17-13-11-15-25(27)26-16-12-14-18-28(26)29/h11-18,23-24,29-31H,19-22H2,1-10H3,(H,41,46)(H,42,49)(H,43,47)/t24-,30-,31?/m0/s1. The van der Waals surface area contributed by atoms with Gasteiger partial charge in [-0.25, -0.2) is 19.2 Å². The van der Waals surface area contributed by atoms with E-state index in [-0.39, 0.29) is 24.9 Å². The van der Waals surface area contributed by atoms with E-state index >= 15 is 0 Å². The predicted octanol–water partition coefficient (Wildman–Crippen LogP) is 5.53. The van der Waals surface area contributed by atoms with Gasteiger partial charge in [-0.15, -0.1) is 0 Å². The van der Waals surface area contributed by atoms with E-state index in [4.69, 9.17) is 18.9 Å². The van der Waals surface area contributed by atoms with Crippen LogP contribution in [0, 0.1) is 5.92 Å². The fraction of sp³-hybridized carbons (Fsp3) is 0.525. The minimum absolute atomic E-state index is 0.0412. The summed E-state index contributed by atoms with van der Waals surface area (Å²) in [5.74, 6) is -3.14. The summed E-state index contributed by atoms with van der Waals surface area (Å²) in [5.41, 5.74) is 2.01. The monoisotopic (exact) mass is 798 g/mol. The van der Waals surface area contributed by atoms with Crippen LogP contribution in [0.3, 0.4) is 0 Å². The third-order valence-corrected chi connectivity index (χ3v) is 9.13. The van der Waals surface area contributed by atoms with Crippen LogP contribution in [0.4, 0.5) is 14.4 Å². The van der Waals surface area contributed by atoms with Crippen LogP contribution < -0.4 is 16.0 Å². The molecule has 5 amide bonds. The Bertz CT molecular complexity index is 1700. The lowest BCUT2D eigenvalue weighted by atomic mass is 9.98. The van der Waals surface area contributed by atoms with E-state index in [2.05, 4.69) is 16.0 Å². The van der Waals surface area contributed by atoms with Gasteiger partial charge < -0.3 is 34.9 Å². The molecule has 0 heterocycles. The van der Waals surface area contributed by atoms with Gasteiger partial charge in [0.2, 0.25) is 16.9 Å². The van der Waals surface area contributed by atoms with Gasteiger partial charge in [-0.1, -0.05) is 74.1 Å². The smallest absolute Gasteiger partial charge is 0.420 e. The lowest BCUT2D eigenvalue weighted by Gasteiger charge is -2.33. The molecule has 3 rings (SSSR count). The maximum atomic E-state index is 13.8. The number of hydrogen-bond donors (Lipinski definition) is 3. The number of rotatable bonds is 14. The Balaban J connectivity index is 1.68. The summed E-state index contributed by atoms with van der Waals surface area (Å²) in [6.07, 6.45) is -3.10. The van der Waals surface area contributed by atoms with E-state index < -0.39 is 82.8 Å². The minimum atomic E-state index is -1.71. The lowest BCUT2D eigenvalue weighted by Crippen LogP contribution is -2.58. The maximum Gasteiger partial charge on any atom is 0.420 e. The van der Waals surface area contributed by atoms with Crippen molar-refractivity contribution in [3.8, 4) is 11.1 Å². The van der Waals surface area contributed by atoms with Crippen molar-refractivity contribution < 1.29 is 52.5 Å². The minimum Gasteiger partial charge on any atom is -0.467 e. The number of hydrogen-bond acceptors (Lipinski definition) is 12. The number of esters is 1. The molecule has 3 N–H and O–H groups in total. The number of methoxy groups -OCH3 is 1. The van der Waals surface area contributed by atoms with Gasteiger partial charge >= 0.3 is 24.2 Å². The molecule has 0 fully saturated rings. The third kappa shape index (κ3) is 13.3. The van der Waals surface area contributed by atoms with Gasteiger partial charge in [-0.3, -0.25) is 14.4 Å². The van der Waals surface area contributed by atoms with Gasteiger partial charge in [-0.05, 0) is 83.1 Å². The van der Waals surface area contributed by atoms with E-state index in [0.29, 0.717) is 16.7 Å². The second-order valence-electron chi connectivity index (χ2n) is 15.7. The first-order valence-electron chi connectivity index (χ1n) is 18.3. The second kappa shape index (κ2) is 19.6. The number of ether oxygens (including phenoxy) is 4. The fourth-order valence-corrected chi connectivity index (χ4v) is 6.55. The Morgan fingerprint density at radius 2 is 1.29 bits per heavy atom. The van der Waals surface area contributed by atoms with E-state index in [1.54, 1.807) is 41.5 Å². The zero-order valence-corrected chi connectivity index (χ0v) is 34.5. The number of nitrogens with zero attached hydrogens (tertiary/aromatic N) is 1. The average molecular weight is 799 g/mol. The zero-order chi connectivity index (χ0) is 42.0. The lowest BCUT2D eigenvalue weighted by molar-refractivity contribution is -0.146. The number of thioether (sulfide) groups is 1. The van der Waals surface area contributed by atoms with E-state index in [9.17, 15) is 33.6 Å². The van der Waals surface area contributed by atoms with Gasteiger partial charge in [0, 0.05) is 11.7 Å². The molecule has 1 aliphatic rings. The number of amides is 5. The normalized spacial score (nSPS) is 13.9. The number of imide groups is 1. The van der Waals surface area contributed by atoms with Crippen molar-refractivity contribution in [1.29, 1.82) is 0 Å². The molecule has 1 aliphatic carbocycles. The van der Waals surface area contributed by atoms with Crippen LogP contribution in [0.15, 0.2) is 48.5 Å². The summed E-state index contributed by atoms with van der Waals surface area (Å²) in [6.45, 7) is 14.0. The summed E-state index contributed by atoms with van der Waals surface area (Å²) in [5, 5.41) is 6.80. The highest BCUT2D eigenvalue weighted by Crippen LogP contribution is 2.44. The molecule has 0 aliphatic heterocycles. The first-order chi connectivity index (χ1) is 26.1. The van der Waals surface area contributed by atoms with Crippen molar-refractivity contribution in [2.75, 3.05) is 26.0 Å². The summed E-state index contributed by atoms with van der Waals surface area (Å²) in [4.78, 5) is 92.5. The molecular formula is C40H54N4O11S. The van der Waals surface area contributed by atoms with Crippen molar-refractivity contribution in [3.05, 3.63) is 59.7 Å². The molecule has 0 radical (unpaired) electrons. The Morgan fingerprint density at radius 3 is 1.77 bits per heavy atom. The number of carbonyl (C=O) groups excluding carboxylic acids is 7. The zero-order valence-electron chi connectivity index (χ0n) is 33.7. The molecule has 1 unspecified atom stereocenters. The quantitative estimate of drug-likeness (QED) is 0.160. The highest BCUT2D eigenvalue weighted by molar-refractivity contribution is 8.13. The summed E-state index contributed by atoms with van der Waals surface area (Å²) >= 11 is 0.546. The summed E-state index contributed by atoms with van der Waals surface area (Å²) < 4.78 is 21.3. The largest absolute Gasteiger partial charge is 0.467 e. The Kier molecular flexibility index (Phi) is 15.9. The van der Waals surface area contributed by atoms with Gasteiger partial charge in [-0.2, -0.15) is 4.90 Å². The first kappa shape index (κ1) is 45.3. The second-order valence-corrected chi connectivity index (χ2v) is 16.7. The topological polar surface area (TPSA) is 196 Å². The number of benzene rings is 2. The van der Waals surface area contributed by atoms with E-state index in [1.807, 2.05) is 62.4 Å². The SMILES string of the molecule is COC(=O)[C@H](CC(C)C)NC(=O)C(CSC(=O)CNC(=O)[C@H](C)NC(=O)OCC1c2ccccc2-c2ccccc21)N(C(=O)OC(C)(C)C)C(=O)OC(C)(C)C. The predicted molar refractivity (Wildman–Crippen MR) is 210 cm³/mol. The van der Waals surface area contributed by atoms with Crippen molar-refractivity contribution >= 4 is 52.9 Å². The van der Waals surface area contributed by atoms with Crippen molar-refractivity contribution in [2.24, 2.45) is 5.92 Å². The van der Waals surface area contributed by atoms with Gasteiger partial charge in [0.25, 0.3) is 0 Å². The van der Waals surface area contributed by atoms with Crippen LogP contribution in [-0.4, -0.2) is 101 Å². The molecule has 15 nitrogen and oxygen atoms in total. The Morgan fingerprint density at radius 1 is 0.768 bits per heavy atom. The van der Waals surface area contributed by atoms with E-state index in [1.165, 1.54) is 6.92 Å². The molecule has 0 saturated heterocycles. The van der Waals surface area contributed by atoms with Crippen LogP contribution in [0.25, 0.3) is 11.1 Å². The highest BCUT2D eigenvalue weighted by Gasteiger charge is 2.42. The fourth-order valence-electron chi connectivity index (χ4n) is 5.73. The van der Waals surface area contributed by atoms with Crippen LogP contribution >= 0.6 is 11.8 Å². The average Bonchev–Trinajstić information content (AvgIpc) is 3.42. The van der Waals surface area contributed by atoms with Crippen LogP contribution in [0.1, 0.15) is 85.8 Å². The van der Waals surface area contributed by atoms with Crippen LogP contribution in [-0.2, 0) is 38.1 Å². The first-order valence-corrected chi connectivity index (χ1v) is 19.3. The number of carbonyl (C=O) groups is 7. The summed E-state index contributed by atoms with van der Waals surface area (Å²) in [7, 11) is 1.16. The van der Waals surface area contributed by atoms with Crippen LogP contribution in [0.2, 0.25) is 0 Å². The molecule has 0 aromatic heterocycles. The molecule has 0 saturated carbocycles. The Labute approximate surface area is 332 Å². The number of fused-ring (bicyclic) bond motifs is 3. The molecule has 16 heteroatoms. The molecule has 2 aromatic carbocycles. The molecule has 3 atom stereocenters. The molecular weight excluding hydrogens is 745 g/mol.